The van der Waals surface area contributed by atoms with Crippen molar-refractivity contribution in [2.45, 2.75) is 19.3 Å². The van der Waals surface area contributed by atoms with Gasteiger partial charge in [-0.3, -0.25) is 14.4 Å². The standard InChI is InChI=1S/C22H17FN4O5/c23-7-11-1-3-13(4-2-11)16-10-27-19-14(5-12(8-24)6-15(19)26-16)20(30)18(22(27)32)21(31)25-9-17(28)29/h1-6,16,26,30H,7,9-10H2,(H,25,31)(H,28,29). The molecule has 0 radical (unpaired) electrons. The number of aliphatic carboxylic acids is 1. The Bertz CT molecular complexity index is 1360. The zero-order valence-corrected chi connectivity index (χ0v) is 16.6. The van der Waals surface area contributed by atoms with Gasteiger partial charge in [0.25, 0.3) is 11.5 Å². The molecule has 162 valence electrons. The molecule has 0 aliphatic carbocycles. The quantitative estimate of drug-likeness (QED) is 0.479. The first-order chi connectivity index (χ1) is 15.3. The normalized spacial score (nSPS) is 14.4. The summed E-state index contributed by atoms with van der Waals surface area (Å²) in [5.74, 6) is -2.98. The van der Waals surface area contributed by atoms with Gasteiger partial charge in [-0.05, 0) is 23.3 Å². The number of carboxylic acid groups (broad SMARTS) is 1. The summed E-state index contributed by atoms with van der Waals surface area (Å²) in [6, 6.07) is 11.1. The van der Waals surface area contributed by atoms with E-state index < -0.39 is 48.0 Å². The van der Waals surface area contributed by atoms with E-state index in [0.29, 0.717) is 16.8 Å². The van der Waals surface area contributed by atoms with E-state index in [1.807, 2.05) is 6.07 Å². The molecule has 1 unspecified atom stereocenters. The molecule has 0 fully saturated rings. The predicted octanol–water partition coefficient (Wildman–Crippen LogP) is 2.03. The second-order valence-corrected chi connectivity index (χ2v) is 7.32. The van der Waals surface area contributed by atoms with Gasteiger partial charge in [-0.1, -0.05) is 24.3 Å². The van der Waals surface area contributed by atoms with Crippen LogP contribution in [0.4, 0.5) is 10.1 Å². The number of nitriles is 1. The van der Waals surface area contributed by atoms with Crippen molar-refractivity contribution in [2.24, 2.45) is 0 Å². The van der Waals surface area contributed by atoms with Crippen LogP contribution >= 0.6 is 0 Å². The number of benzene rings is 2. The zero-order chi connectivity index (χ0) is 23.0. The summed E-state index contributed by atoms with van der Waals surface area (Å²) >= 11 is 0. The summed E-state index contributed by atoms with van der Waals surface area (Å²) < 4.78 is 14.2. The van der Waals surface area contributed by atoms with Crippen molar-refractivity contribution < 1.29 is 24.2 Å². The second kappa shape index (κ2) is 8.03. The Kier molecular flexibility index (Phi) is 5.24. The number of hydrogen-bond donors (Lipinski definition) is 4. The smallest absolute Gasteiger partial charge is 0.322 e. The van der Waals surface area contributed by atoms with Gasteiger partial charge in [0.05, 0.1) is 35.4 Å². The van der Waals surface area contributed by atoms with E-state index in [9.17, 15) is 29.1 Å². The average molecular weight is 436 g/mol. The minimum Gasteiger partial charge on any atom is -0.506 e. The van der Waals surface area contributed by atoms with Crippen LogP contribution in [0, 0.1) is 11.3 Å². The molecule has 4 rings (SSSR count). The number of alkyl halides is 1. The van der Waals surface area contributed by atoms with Crippen molar-refractivity contribution in [3.8, 4) is 11.8 Å². The van der Waals surface area contributed by atoms with Crippen LogP contribution in [0.15, 0.2) is 41.2 Å². The van der Waals surface area contributed by atoms with Crippen LogP contribution in [-0.4, -0.2) is 33.2 Å². The van der Waals surface area contributed by atoms with Crippen LogP contribution < -0.4 is 16.2 Å². The SMILES string of the molecule is N#Cc1cc2c3c(c1)c(O)c(C(=O)NCC(=O)O)c(=O)n3CC(c1ccc(CF)cc1)N2. The first kappa shape index (κ1) is 20.9. The first-order valence-corrected chi connectivity index (χ1v) is 9.59. The molecule has 32 heavy (non-hydrogen) atoms. The van der Waals surface area contributed by atoms with Crippen molar-refractivity contribution in [3.63, 3.8) is 0 Å². The van der Waals surface area contributed by atoms with Gasteiger partial charge in [-0.15, -0.1) is 0 Å². The van der Waals surface area contributed by atoms with Gasteiger partial charge in [-0.2, -0.15) is 5.26 Å². The number of aromatic nitrogens is 1. The molecule has 1 aliphatic rings. The minimum atomic E-state index is -1.31. The summed E-state index contributed by atoms with van der Waals surface area (Å²) in [7, 11) is 0. The number of nitrogens with zero attached hydrogens (tertiary/aromatic N) is 2. The predicted molar refractivity (Wildman–Crippen MR) is 112 cm³/mol. The van der Waals surface area contributed by atoms with E-state index in [4.69, 9.17) is 5.11 Å². The first-order valence-electron chi connectivity index (χ1n) is 9.59. The van der Waals surface area contributed by atoms with Gasteiger partial charge >= 0.3 is 5.97 Å². The molecule has 9 nitrogen and oxygen atoms in total. The highest BCUT2D eigenvalue weighted by molar-refractivity contribution is 6.06. The largest absolute Gasteiger partial charge is 0.506 e. The highest BCUT2D eigenvalue weighted by Gasteiger charge is 2.29. The highest BCUT2D eigenvalue weighted by Crippen LogP contribution is 2.38. The maximum Gasteiger partial charge on any atom is 0.322 e. The second-order valence-electron chi connectivity index (χ2n) is 7.32. The molecular weight excluding hydrogens is 419 g/mol. The fourth-order valence-electron chi connectivity index (χ4n) is 3.82. The number of nitrogens with one attached hydrogen (secondary N) is 2. The Labute approximate surface area is 180 Å². The van der Waals surface area contributed by atoms with Crippen LogP contribution in [0.5, 0.6) is 5.75 Å². The van der Waals surface area contributed by atoms with Crippen molar-refractivity contribution in [1.82, 2.24) is 9.88 Å². The summed E-state index contributed by atoms with van der Waals surface area (Å²) in [6.45, 7) is -1.26. The van der Waals surface area contributed by atoms with Crippen molar-refractivity contribution >= 4 is 28.5 Å². The molecule has 3 aromatic rings. The molecule has 0 bridgehead atoms. The molecule has 1 aromatic heterocycles. The molecule has 4 N–H and O–H groups in total. The Morgan fingerprint density at radius 2 is 2.00 bits per heavy atom. The lowest BCUT2D eigenvalue weighted by atomic mass is 9.98. The Morgan fingerprint density at radius 3 is 2.62 bits per heavy atom. The van der Waals surface area contributed by atoms with Gasteiger partial charge < -0.3 is 25.4 Å². The molecule has 0 saturated heterocycles. The molecule has 2 heterocycles. The van der Waals surface area contributed by atoms with E-state index in [0.717, 1.165) is 5.56 Å². The van der Waals surface area contributed by atoms with E-state index >= 15 is 0 Å². The lowest BCUT2D eigenvalue weighted by Gasteiger charge is -2.30. The molecule has 1 aliphatic heterocycles. The zero-order valence-electron chi connectivity index (χ0n) is 16.6. The summed E-state index contributed by atoms with van der Waals surface area (Å²) in [4.78, 5) is 36.5. The Hall–Kier alpha value is -4.39. The number of rotatable bonds is 5. The number of aromatic hydroxyl groups is 1. The summed E-state index contributed by atoms with van der Waals surface area (Å²) in [6.07, 6.45) is 0. The maximum atomic E-state index is 13.2. The number of amides is 1. The maximum absolute atomic E-state index is 13.2. The third-order valence-corrected chi connectivity index (χ3v) is 5.32. The Balaban J connectivity index is 1.90. The topological polar surface area (TPSA) is 144 Å². The van der Waals surface area contributed by atoms with Gasteiger partial charge in [0.15, 0.2) is 0 Å². The number of pyridine rings is 1. The van der Waals surface area contributed by atoms with Crippen LogP contribution in [0.3, 0.4) is 0 Å². The fraction of sp³-hybridized carbons (Fsp3) is 0.182. The van der Waals surface area contributed by atoms with Crippen LogP contribution in [0.1, 0.15) is 33.1 Å². The van der Waals surface area contributed by atoms with Gasteiger partial charge in [0.2, 0.25) is 0 Å². The number of anilines is 1. The molecule has 0 saturated carbocycles. The monoisotopic (exact) mass is 436 g/mol. The van der Waals surface area contributed by atoms with Crippen molar-refractivity contribution in [2.75, 3.05) is 11.9 Å². The number of carboxylic acids is 1. The molecule has 1 atom stereocenters. The number of carbonyl (C=O) groups is 2. The van der Waals surface area contributed by atoms with Crippen molar-refractivity contribution in [3.05, 3.63) is 69.0 Å². The van der Waals surface area contributed by atoms with E-state index in [2.05, 4.69) is 10.6 Å². The van der Waals surface area contributed by atoms with Gasteiger partial charge in [0, 0.05) is 5.39 Å². The van der Waals surface area contributed by atoms with Crippen LogP contribution in [0.25, 0.3) is 10.9 Å². The lowest BCUT2D eigenvalue weighted by molar-refractivity contribution is -0.135. The fourth-order valence-corrected chi connectivity index (χ4v) is 3.82. The van der Waals surface area contributed by atoms with E-state index in [1.165, 1.54) is 16.7 Å². The van der Waals surface area contributed by atoms with Crippen molar-refractivity contribution in [1.29, 1.82) is 5.26 Å². The Morgan fingerprint density at radius 1 is 1.28 bits per heavy atom. The summed E-state index contributed by atoms with van der Waals surface area (Å²) in [5.41, 5.74) is 0.765. The van der Waals surface area contributed by atoms with E-state index in [-0.39, 0.29) is 17.5 Å². The number of hydrogen-bond acceptors (Lipinski definition) is 6. The average Bonchev–Trinajstić information content (AvgIpc) is 2.80. The lowest BCUT2D eigenvalue weighted by Crippen LogP contribution is -2.38. The number of carbonyl (C=O) groups excluding carboxylic acids is 1. The molecule has 0 spiro atoms. The molecule has 10 heteroatoms. The van der Waals surface area contributed by atoms with Crippen LogP contribution in [0.2, 0.25) is 0 Å². The molecule has 2 aromatic carbocycles. The van der Waals surface area contributed by atoms with E-state index in [1.54, 1.807) is 24.3 Å². The third-order valence-electron chi connectivity index (χ3n) is 5.32. The molecule has 1 amide bonds. The van der Waals surface area contributed by atoms with Gasteiger partial charge in [-0.25, -0.2) is 4.39 Å². The third kappa shape index (κ3) is 3.50. The van der Waals surface area contributed by atoms with Crippen LogP contribution in [-0.2, 0) is 18.0 Å². The minimum absolute atomic E-state index is 0.0860. The number of halogens is 1. The summed E-state index contributed by atoms with van der Waals surface area (Å²) in [5, 5.41) is 34.3. The molecular formula is C22H17FN4O5. The van der Waals surface area contributed by atoms with Gasteiger partial charge in [0.1, 0.15) is 24.5 Å². The highest BCUT2D eigenvalue weighted by atomic mass is 19.1.